The highest BCUT2D eigenvalue weighted by atomic mass is 16.2. The lowest BCUT2D eigenvalue weighted by Crippen LogP contribution is -2.47. The summed E-state index contributed by atoms with van der Waals surface area (Å²) in [4.78, 5) is 22.5. The van der Waals surface area contributed by atoms with Gasteiger partial charge in [0, 0.05) is 36.6 Å². The second-order valence-corrected chi connectivity index (χ2v) is 7.09. The number of rotatable bonds is 4. The van der Waals surface area contributed by atoms with Crippen LogP contribution in [-0.2, 0) is 18.3 Å². The third kappa shape index (κ3) is 2.89. The van der Waals surface area contributed by atoms with Gasteiger partial charge in [-0.25, -0.2) is 4.98 Å². The van der Waals surface area contributed by atoms with E-state index >= 15 is 0 Å². The maximum atomic E-state index is 12.8. The third-order valence-corrected chi connectivity index (χ3v) is 5.36. The molecular formula is C21H23N5O. The molecule has 27 heavy (non-hydrogen) atoms. The van der Waals surface area contributed by atoms with Gasteiger partial charge in [-0.1, -0.05) is 19.8 Å². The molecule has 0 unspecified atom stereocenters. The minimum atomic E-state index is -0.324. The molecule has 2 atom stereocenters. The van der Waals surface area contributed by atoms with E-state index in [1.54, 1.807) is 10.9 Å². The molecule has 1 aliphatic heterocycles. The van der Waals surface area contributed by atoms with Crippen LogP contribution in [-0.4, -0.2) is 36.6 Å². The van der Waals surface area contributed by atoms with Crippen LogP contribution >= 0.6 is 0 Å². The number of nitrogens with one attached hydrogen (secondary N) is 1. The van der Waals surface area contributed by atoms with Crippen molar-refractivity contribution in [1.29, 1.82) is 0 Å². The Labute approximate surface area is 158 Å². The van der Waals surface area contributed by atoms with E-state index < -0.39 is 0 Å². The molecule has 3 aromatic heterocycles. The Morgan fingerprint density at radius 1 is 1.44 bits per heavy atom. The first kappa shape index (κ1) is 17.3. The number of H-pyrrole nitrogens is 1. The number of pyridine rings is 1. The molecule has 138 valence electrons. The molecule has 1 aliphatic rings. The molecule has 6 heteroatoms. The summed E-state index contributed by atoms with van der Waals surface area (Å²) in [6.45, 7) is 2.16. The Morgan fingerprint density at radius 2 is 2.30 bits per heavy atom. The standard InChI is InChI=1S/C21H23N5O/c1-4-6-8-14-13-16-15-9-7-11-22-21(15)23-19(16)20(26(14)18(27)5-2)17-10-12-25(3)24-17/h2,7,9-12,14,20H,4,6,8,13H2,1,3H3,(H,22,23)/t14-,20-/m0/s1. The average Bonchev–Trinajstić information content (AvgIpc) is 3.27. The Hall–Kier alpha value is -3.07. The van der Waals surface area contributed by atoms with Crippen LogP contribution in [0.5, 0.6) is 0 Å². The zero-order valence-electron chi connectivity index (χ0n) is 15.6. The molecule has 0 bridgehead atoms. The number of fused-ring (bicyclic) bond motifs is 3. The molecular weight excluding hydrogens is 338 g/mol. The van der Waals surface area contributed by atoms with Crippen molar-refractivity contribution >= 4 is 16.9 Å². The van der Waals surface area contributed by atoms with Crippen molar-refractivity contribution in [2.24, 2.45) is 7.05 Å². The minimum Gasteiger partial charge on any atom is -0.341 e. The first-order valence-corrected chi connectivity index (χ1v) is 9.38. The van der Waals surface area contributed by atoms with Crippen molar-refractivity contribution in [1.82, 2.24) is 24.6 Å². The highest BCUT2D eigenvalue weighted by molar-refractivity contribution is 5.94. The van der Waals surface area contributed by atoms with Crippen molar-refractivity contribution in [2.75, 3.05) is 0 Å². The fourth-order valence-corrected chi connectivity index (χ4v) is 4.14. The predicted molar refractivity (Wildman–Crippen MR) is 104 cm³/mol. The van der Waals surface area contributed by atoms with Crippen molar-refractivity contribution in [3.05, 3.63) is 47.5 Å². The zero-order chi connectivity index (χ0) is 19.0. The van der Waals surface area contributed by atoms with Crippen LogP contribution in [0.25, 0.3) is 11.0 Å². The molecule has 1 amide bonds. The van der Waals surface area contributed by atoms with Gasteiger partial charge in [0.1, 0.15) is 11.7 Å². The molecule has 0 spiro atoms. The number of hydrogen-bond donors (Lipinski definition) is 1. The van der Waals surface area contributed by atoms with E-state index in [-0.39, 0.29) is 18.0 Å². The number of terminal acetylenes is 1. The summed E-state index contributed by atoms with van der Waals surface area (Å²) in [5.41, 5.74) is 3.84. The number of aromatic nitrogens is 4. The van der Waals surface area contributed by atoms with Crippen LogP contribution < -0.4 is 0 Å². The van der Waals surface area contributed by atoms with Gasteiger partial charge in [-0.15, -0.1) is 6.42 Å². The maximum Gasteiger partial charge on any atom is 0.299 e. The van der Waals surface area contributed by atoms with E-state index in [4.69, 9.17) is 6.42 Å². The summed E-state index contributed by atoms with van der Waals surface area (Å²) in [7, 11) is 1.88. The van der Waals surface area contributed by atoms with Crippen LogP contribution in [0, 0.1) is 12.3 Å². The van der Waals surface area contributed by atoms with E-state index in [9.17, 15) is 4.79 Å². The summed E-state index contributed by atoms with van der Waals surface area (Å²) in [6.07, 6.45) is 13.0. The first-order chi connectivity index (χ1) is 13.1. The summed E-state index contributed by atoms with van der Waals surface area (Å²) in [5, 5.41) is 5.71. The molecule has 6 nitrogen and oxygen atoms in total. The van der Waals surface area contributed by atoms with Crippen LogP contribution in [0.4, 0.5) is 0 Å². The molecule has 3 aromatic rings. The number of nitrogens with zero attached hydrogens (tertiary/aromatic N) is 4. The van der Waals surface area contributed by atoms with E-state index in [2.05, 4.69) is 34.0 Å². The van der Waals surface area contributed by atoms with Gasteiger partial charge in [0.05, 0.1) is 5.69 Å². The highest BCUT2D eigenvalue weighted by Crippen LogP contribution is 2.41. The van der Waals surface area contributed by atoms with Gasteiger partial charge in [-0.05, 0) is 42.5 Å². The molecule has 0 aliphatic carbocycles. The van der Waals surface area contributed by atoms with E-state index in [0.717, 1.165) is 48.1 Å². The van der Waals surface area contributed by atoms with Gasteiger partial charge in [-0.2, -0.15) is 5.10 Å². The van der Waals surface area contributed by atoms with Crippen molar-refractivity contribution in [3.8, 4) is 12.3 Å². The Bertz CT molecular complexity index is 1020. The molecule has 0 radical (unpaired) electrons. The molecule has 0 saturated carbocycles. The first-order valence-electron chi connectivity index (χ1n) is 9.38. The quantitative estimate of drug-likeness (QED) is 0.727. The van der Waals surface area contributed by atoms with Gasteiger partial charge < -0.3 is 9.88 Å². The zero-order valence-corrected chi connectivity index (χ0v) is 15.6. The van der Waals surface area contributed by atoms with Crippen molar-refractivity contribution in [3.63, 3.8) is 0 Å². The predicted octanol–water partition coefficient (Wildman–Crippen LogP) is 2.96. The fourth-order valence-electron chi connectivity index (χ4n) is 4.14. The summed E-state index contributed by atoms with van der Waals surface area (Å²) >= 11 is 0. The molecule has 4 heterocycles. The van der Waals surface area contributed by atoms with E-state index in [1.165, 1.54) is 5.56 Å². The van der Waals surface area contributed by atoms with Crippen LogP contribution in [0.1, 0.15) is 49.2 Å². The van der Waals surface area contributed by atoms with Gasteiger partial charge >= 0.3 is 0 Å². The second-order valence-electron chi connectivity index (χ2n) is 7.09. The molecule has 0 aromatic carbocycles. The Morgan fingerprint density at radius 3 is 3.00 bits per heavy atom. The molecule has 0 fully saturated rings. The normalized spacial score (nSPS) is 19.1. The Kier molecular flexibility index (Phi) is 4.44. The fraction of sp³-hybridized carbons (Fsp3) is 0.381. The van der Waals surface area contributed by atoms with Crippen LogP contribution in [0.2, 0.25) is 0 Å². The van der Waals surface area contributed by atoms with E-state index in [1.807, 2.05) is 30.3 Å². The highest BCUT2D eigenvalue weighted by Gasteiger charge is 2.40. The largest absolute Gasteiger partial charge is 0.341 e. The smallest absolute Gasteiger partial charge is 0.299 e. The van der Waals surface area contributed by atoms with Gasteiger partial charge in [0.15, 0.2) is 0 Å². The number of aryl methyl sites for hydroxylation is 1. The monoisotopic (exact) mass is 361 g/mol. The molecule has 0 saturated heterocycles. The topological polar surface area (TPSA) is 66.8 Å². The van der Waals surface area contributed by atoms with Gasteiger partial charge in [0.25, 0.3) is 5.91 Å². The number of carbonyl (C=O) groups excluding carboxylic acids is 1. The third-order valence-electron chi connectivity index (χ3n) is 5.36. The molecule has 4 rings (SSSR count). The lowest BCUT2D eigenvalue weighted by atomic mass is 9.88. The minimum absolute atomic E-state index is 0.0483. The van der Waals surface area contributed by atoms with Crippen molar-refractivity contribution < 1.29 is 4.79 Å². The van der Waals surface area contributed by atoms with E-state index in [0.29, 0.717) is 0 Å². The second kappa shape index (κ2) is 6.92. The summed E-state index contributed by atoms with van der Waals surface area (Å²) in [6, 6.07) is 5.71. The van der Waals surface area contributed by atoms with Gasteiger partial charge in [-0.3, -0.25) is 9.48 Å². The van der Waals surface area contributed by atoms with Crippen LogP contribution in [0.3, 0.4) is 0 Å². The average molecular weight is 361 g/mol. The lowest BCUT2D eigenvalue weighted by molar-refractivity contribution is -0.130. The maximum absolute atomic E-state index is 12.8. The van der Waals surface area contributed by atoms with Crippen LogP contribution in [0.15, 0.2) is 30.6 Å². The Balaban J connectivity index is 1.92. The lowest BCUT2D eigenvalue weighted by Gasteiger charge is -2.40. The SMILES string of the molecule is C#CC(=O)N1[C@@H](CCCC)Cc2c([nH]c3ncccc23)[C@@H]1c1ccn(C)n1. The summed E-state index contributed by atoms with van der Waals surface area (Å²) in [5.74, 6) is 2.05. The van der Waals surface area contributed by atoms with Crippen molar-refractivity contribution in [2.45, 2.75) is 44.7 Å². The molecule has 1 N–H and O–H groups in total. The number of amides is 1. The number of unbranched alkanes of at least 4 members (excludes halogenated alkanes) is 1. The number of carbonyl (C=O) groups is 1. The number of aromatic amines is 1. The number of hydrogen-bond acceptors (Lipinski definition) is 3. The summed E-state index contributed by atoms with van der Waals surface area (Å²) < 4.78 is 1.75. The van der Waals surface area contributed by atoms with Gasteiger partial charge in [0.2, 0.25) is 0 Å².